The lowest BCUT2D eigenvalue weighted by atomic mass is 10.2. The predicted molar refractivity (Wildman–Crippen MR) is 95.2 cm³/mol. The fraction of sp³-hybridized carbons (Fsp3) is 0.389. The number of para-hydroxylation sites is 1. The molecule has 7 heteroatoms. The number of carbonyl (C=O) groups excluding carboxylic acids is 1. The second-order valence-electron chi connectivity index (χ2n) is 6.03. The van der Waals surface area contributed by atoms with Crippen LogP contribution in [0, 0.1) is 6.92 Å². The van der Waals surface area contributed by atoms with E-state index in [9.17, 15) is 13.2 Å². The predicted octanol–water partition coefficient (Wildman–Crippen LogP) is 3.04. The van der Waals surface area contributed by atoms with Crippen molar-refractivity contribution >= 4 is 21.6 Å². The molecule has 25 heavy (non-hydrogen) atoms. The van der Waals surface area contributed by atoms with Gasteiger partial charge in [0.25, 0.3) is 5.91 Å². The number of rotatable bonds is 5. The van der Waals surface area contributed by atoms with Crippen molar-refractivity contribution in [2.24, 2.45) is 0 Å². The highest BCUT2D eigenvalue weighted by Crippen LogP contribution is 2.27. The first-order valence-electron chi connectivity index (χ1n) is 8.42. The van der Waals surface area contributed by atoms with Gasteiger partial charge in [0.1, 0.15) is 10.7 Å². The van der Waals surface area contributed by atoms with Crippen molar-refractivity contribution < 1.29 is 17.6 Å². The Hall–Kier alpha value is -2.12. The van der Waals surface area contributed by atoms with Crippen molar-refractivity contribution in [2.75, 3.05) is 24.5 Å². The van der Waals surface area contributed by atoms with Crippen LogP contribution >= 0.6 is 0 Å². The molecular formula is C18H22N2O4S. The fourth-order valence-electron chi connectivity index (χ4n) is 3.08. The largest absolute Gasteiger partial charge is 0.455 e. The zero-order valence-electron chi connectivity index (χ0n) is 14.4. The Kier molecular flexibility index (Phi) is 4.96. The number of anilines is 1. The molecule has 1 aliphatic rings. The number of nitrogens with zero attached hydrogens (tertiary/aromatic N) is 2. The summed E-state index contributed by atoms with van der Waals surface area (Å²) in [5.74, 6) is -0.0555. The molecule has 0 radical (unpaired) electrons. The van der Waals surface area contributed by atoms with Crippen molar-refractivity contribution in [2.45, 2.75) is 31.6 Å². The third-order valence-corrected chi connectivity index (χ3v) is 6.40. The summed E-state index contributed by atoms with van der Waals surface area (Å²) in [6.07, 6.45) is 1.72. The first kappa shape index (κ1) is 17.7. The molecule has 2 heterocycles. The summed E-state index contributed by atoms with van der Waals surface area (Å²) in [5.41, 5.74) is 0.744. The Balaban J connectivity index is 1.92. The molecule has 1 saturated heterocycles. The summed E-state index contributed by atoms with van der Waals surface area (Å²) in [4.78, 5) is 14.5. The molecular weight excluding hydrogens is 340 g/mol. The molecule has 1 aromatic heterocycles. The standard InChI is InChI=1S/C18H22N2O4S/c1-3-20(15-9-5-4-6-10-15)18(21)16-13-17(14(2)24-16)25(22,23)19-11-7-8-12-19/h4-6,9-10,13H,3,7-8,11-12H2,1-2H3. The van der Waals surface area contributed by atoms with Crippen LogP contribution in [0.25, 0.3) is 0 Å². The molecule has 1 fully saturated rings. The minimum Gasteiger partial charge on any atom is -0.455 e. The van der Waals surface area contributed by atoms with Crippen molar-refractivity contribution in [3.05, 3.63) is 47.9 Å². The molecule has 0 saturated carbocycles. The lowest BCUT2D eigenvalue weighted by Gasteiger charge is -2.19. The minimum absolute atomic E-state index is 0.0426. The van der Waals surface area contributed by atoms with Gasteiger partial charge in [-0.3, -0.25) is 4.79 Å². The third kappa shape index (κ3) is 3.34. The van der Waals surface area contributed by atoms with Crippen LogP contribution in [0.2, 0.25) is 0 Å². The maximum Gasteiger partial charge on any atom is 0.294 e. The van der Waals surface area contributed by atoms with Crippen molar-refractivity contribution in [1.82, 2.24) is 4.31 Å². The van der Waals surface area contributed by atoms with Gasteiger partial charge in [-0.05, 0) is 38.8 Å². The van der Waals surface area contributed by atoms with Gasteiger partial charge in [0.05, 0.1) is 0 Å². The number of benzene rings is 1. The second kappa shape index (κ2) is 7.01. The first-order chi connectivity index (χ1) is 11.9. The van der Waals surface area contributed by atoms with E-state index in [1.165, 1.54) is 10.4 Å². The average Bonchev–Trinajstić information content (AvgIpc) is 3.26. The van der Waals surface area contributed by atoms with E-state index in [1.54, 1.807) is 11.8 Å². The molecule has 3 rings (SSSR count). The van der Waals surface area contributed by atoms with Crippen LogP contribution in [0.1, 0.15) is 36.1 Å². The molecule has 134 valence electrons. The van der Waals surface area contributed by atoms with Crippen LogP contribution in [0.15, 0.2) is 45.7 Å². The van der Waals surface area contributed by atoms with E-state index in [4.69, 9.17) is 4.42 Å². The quantitative estimate of drug-likeness (QED) is 0.820. The van der Waals surface area contributed by atoms with E-state index in [1.807, 2.05) is 37.3 Å². The van der Waals surface area contributed by atoms with Gasteiger partial charge >= 0.3 is 0 Å². The number of aryl methyl sites for hydroxylation is 1. The van der Waals surface area contributed by atoms with E-state index in [-0.39, 0.29) is 22.3 Å². The minimum atomic E-state index is -3.61. The van der Waals surface area contributed by atoms with E-state index < -0.39 is 10.0 Å². The number of amides is 1. The monoisotopic (exact) mass is 362 g/mol. The maximum atomic E-state index is 12.8. The molecule has 1 amide bonds. The zero-order valence-corrected chi connectivity index (χ0v) is 15.3. The first-order valence-corrected chi connectivity index (χ1v) is 9.86. The van der Waals surface area contributed by atoms with Gasteiger partial charge < -0.3 is 9.32 Å². The number of hydrogen-bond donors (Lipinski definition) is 0. The normalized spacial score (nSPS) is 15.4. The summed E-state index contributed by atoms with van der Waals surface area (Å²) >= 11 is 0. The van der Waals surface area contributed by atoms with Gasteiger partial charge in [-0.15, -0.1) is 0 Å². The molecule has 1 aromatic carbocycles. The summed E-state index contributed by atoms with van der Waals surface area (Å²) in [6, 6.07) is 10.6. The summed E-state index contributed by atoms with van der Waals surface area (Å²) in [5, 5.41) is 0. The highest BCUT2D eigenvalue weighted by Gasteiger charge is 2.32. The zero-order chi connectivity index (χ0) is 18.0. The number of carbonyl (C=O) groups is 1. The third-order valence-electron chi connectivity index (χ3n) is 4.40. The molecule has 0 aliphatic carbocycles. The lowest BCUT2D eigenvalue weighted by Crippen LogP contribution is -2.30. The van der Waals surface area contributed by atoms with E-state index in [2.05, 4.69) is 0 Å². The number of hydrogen-bond acceptors (Lipinski definition) is 4. The van der Waals surface area contributed by atoms with E-state index in [0.717, 1.165) is 18.5 Å². The Bertz CT molecular complexity index is 852. The van der Waals surface area contributed by atoms with Gasteiger partial charge in [0, 0.05) is 31.4 Å². The Morgan fingerprint density at radius 3 is 2.44 bits per heavy atom. The van der Waals surface area contributed by atoms with Crippen LogP contribution < -0.4 is 4.90 Å². The van der Waals surface area contributed by atoms with Crippen molar-refractivity contribution in [1.29, 1.82) is 0 Å². The molecule has 0 atom stereocenters. The highest BCUT2D eigenvalue weighted by molar-refractivity contribution is 7.89. The summed E-state index contributed by atoms with van der Waals surface area (Å²) in [7, 11) is -3.61. The average molecular weight is 362 g/mol. The SMILES string of the molecule is CCN(C(=O)c1cc(S(=O)(=O)N2CCCC2)c(C)o1)c1ccccc1. The summed E-state index contributed by atoms with van der Waals surface area (Å²) < 4.78 is 32.5. The summed E-state index contributed by atoms with van der Waals surface area (Å²) in [6.45, 7) is 4.93. The molecule has 0 spiro atoms. The Morgan fingerprint density at radius 2 is 1.84 bits per heavy atom. The second-order valence-corrected chi connectivity index (χ2v) is 7.93. The van der Waals surface area contributed by atoms with Crippen molar-refractivity contribution in [3.63, 3.8) is 0 Å². The van der Waals surface area contributed by atoms with Gasteiger partial charge in [-0.1, -0.05) is 18.2 Å². The molecule has 0 bridgehead atoms. The van der Waals surface area contributed by atoms with Crippen molar-refractivity contribution in [3.8, 4) is 0 Å². The van der Waals surface area contributed by atoms with Crippen LogP contribution in [-0.4, -0.2) is 38.3 Å². The van der Waals surface area contributed by atoms with Gasteiger partial charge in [0.15, 0.2) is 5.76 Å². The Morgan fingerprint density at radius 1 is 1.20 bits per heavy atom. The number of furan rings is 1. The highest BCUT2D eigenvalue weighted by atomic mass is 32.2. The Labute approximate surface area is 148 Å². The van der Waals surface area contributed by atoms with Crippen LogP contribution in [0.5, 0.6) is 0 Å². The van der Waals surface area contributed by atoms with Gasteiger partial charge in [-0.25, -0.2) is 8.42 Å². The molecule has 1 aliphatic heterocycles. The molecule has 0 unspecified atom stereocenters. The topological polar surface area (TPSA) is 70.8 Å². The van der Waals surface area contributed by atoms with E-state index in [0.29, 0.717) is 19.6 Å². The van der Waals surface area contributed by atoms with Crippen LogP contribution in [0.3, 0.4) is 0 Å². The maximum absolute atomic E-state index is 12.8. The van der Waals surface area contributed by atoms with Gasteiger partial charge in [-0.2, -0.15) is 4.31 Å². The number of sulfonamides is 1. The molecule has 0 N–H and O–H groups in total. The molecule has 2 aromatic rings. The smallest absolute Gasteiger partial charge is 0.294 e. The lowest BCUT2D eigenvalue weighted by molar-refractivity contribution is 0.0960. The van der Waals surface area contributed by atoms with Gasteiger partial charge in [0.2, 0.25) is 10.0 Å². The van der Waals surface area contributed by atoms with E-state index >= 15 is 0 Å². The van der Waals surface area contributed by atoms with Crippen LogP contribution in [0.4, 0.5) is 5.69 Å². The fourth-order valence-corrected chi connectivity index (χ4v) is 4.76. The van der Waals surface area contributed by atoms with Crippen LogP contribution in [-0.2, 0) is 10.0 Å². The molecule has 6 nitrogen and oxygen atoms in total.